The number of rotatable bonds is 4. The number of carbonyl (C=O) groups excluding carboxylic acids is 1. The molecule has 0 radical (unpaired) electrons. The minimum atomic E-state index is -0.0933. The van der Waals surface area contributed by atoms with Crippen LogP contribution in [0, 0.1) is 0 Å². The van der Waals surface area contributed by atoms with E-state index in [1.54, 1.807) is 11.8 Å². The van der Waals surface area contributed by atoms with Crippen LogP contribution in [0.5, 0.6) is 0 Å². The Labute approximate surface area is 125 Å². The number of carbonyl (C=O) groups is 1. The van der Waals surface area contributed by atoms with Crippen LogP contribution in [-0.2, 0) is 17.8 Å². The van der Waals surface area contributed by atoms with Crippen LogP contribution >= 0.6 is 24.2 Å². The van der Waals surface area contributed by atoms with Crippen LogP contribution in [0.15, 0.2) is 24.3 Å². The average Bonchev–Trinajstić information content (AvgIpc) is 2.38. The van der Waals surface area contributed by atoms with Crippen molar-refractivity contribution < 1.29 is 4.79 Å². The van der Waals surface area contributed by atoms with E-state index in [1.165, 1.54) is 11.1 Å². The zero-order chi connectivity index (χ0) is 13.0. The van der Waals surface area contributed by atoms with Crippen molar-refractivity contribution in [1.82, 2.24) is 10.6 Å². The van der Waals surface area contributed by atoms with Crippen LogP contribution in [0.25, 0.3) is 0 Å². The lowest BCUT2D eigenvalue weighted by Crippen LogP contribution is -2.50. The molecule has 19 heavy (non-hydrogen) atoms. The maximum Gasteiger partial charge on any atom is 0.237 e. The van der Waals surface area contributed by atoms with Crippen molar-refractivity contribution in [2.45, 2.75) is 32.0 Å². The molecule has 1 aromatic carbocycles. The Balaban J connectivity index is 0.00000180. The number of fused-ring (bicyclic) bond motifs is 1. The van der Waals surface area contributed by atoms with Crippen molar-refractivity contribution in [2.24, 2.45) is 0 Å². The van der Waals surface area contributed by atoms with Gasteiger partial charge in [-0.3, -0.25) is 4.79 Å². The molecule has 1 aromatic rings. The fourth-order valence-corrected chi connectivity index (χ4v) is 2.86. The molecule has 5 heteroatoms. The lowest BCUT2D eigenvalue weighted by atomic mass is 9.95. The van der Waals surface area contributed by atoms with Gasteiger partial charge in [0, 0.05) is 18.3 Å². The molecule has 2 rings (SSSR count). The lowest BCUT2D eigenvalue weighted by Gasteiger charge is -2.26. The van der Waals surface area contributed by atoms with Crippen LogP contribution in [-0.4, -0.2) is 30.0 Å². The maximum atomic E-state index is 12.1. The summed E-state index contributed by atoms with van der Waals surface area (Å²) < 4.78 is 0. The second kappa shape index (κ2) is 7.78. The molecule has 106 valence electrons. The molecule has 0 aliphatic carbocycles. The van der Waals surface area contributed by atoms with E-state index in [9.17, 15) is 4.79 Å². The van der Waals surface area contributed by atoms with Gasteiger partial charge in [0.1, 0.15) is 0 Å². The molecule has 1 aliphatic heterocycles. The van der Waals surface area contributed by atoms with Crippen LogP contribution < -0.4 is 10.6 Å². The van der Waals surface area contributed by atoms with Crippen molar-refractivity contribution in [3.63, 3.8) is 0 Å². The summed E-state index contributed by atoms with van der Waals surface area (Å²) in [4.78, 5) is 12.1. The van der Waals surface area contributed by atoms with Crippen molar-refractivity contribution in [1.29, 1.82) is 0 Å². The van der Waals surface area contributed by atoms with Gasteiger partial charge in [0.2, 0.25) is 5.91 Å². The van der Waals surface area contributed by atoms with Gasteiger partial charge < -0.3 is 10.6 Å². The molecule has 0 aromatic heterocycles. The Hall–Kier alpha value is -0.710. The Morgan fingerprint density at radius 3 is 2.84 bits per heavy atom. The van der Waals surface area contributed by atoms with Gasteiger partial charge in [-0.1, -0.05) is 24.3 Å². The van der Waals surface area contributed by atoms with E-state index in [0.29, 0.717) is 0 Å². The average molecular weight is 301 g/mol. The SMILES string of the molecule is CSCC(C)NC(=O)C1Cc2ccccc2CN1.Cl. The van der Waals surface area contributed by atoms with Crippen molar-refractivity contribution in [3.05, 3.63) is 35.4 Å². The van der Waals surface area contributed by atoms with E-state index in [4.69, 9.17) is 0 Å². The van der Waals surface area contributed by atoms with Gasteiger partial charge in [0.15, 0.2) is 0 Å². The summed E-state index contributed by atoms with van der Waals surface area (Å²) in [6, 6.07) is 8.45. The number of hydrogen-bond acceptors (Lipinski definition) is 3. The second-order valence-electron chi connectivity index (χ2n) is 4.77. The van der Waals surface area contributed by atoms with Gasteiger partial charge in [-0.25, -0.2) is 0 Å². The number of hydrogen-bond donors (Lipinski definition) is 2. The van der Waals surface area contributed by atoms with E-state index in [0.717, 1.165) is 18.7 Å². The monoisotopic (exact) mass is 300 g/mol. The van der Waals surface area contributed by atoms with Gasteiger partial charge in [-0.2, -0.15) is 11.8 Å². The highest BCUT2D eigenvalue weighted by atomic mass is 35.5. The largest absolute Gasteiger partial charge is 0.351 e. The molecule has 0 bridgehead atoms. The van der Waals surface area contributed by atoms with E-state index in [1.807, 2.05) is 19.1 Å². The lowest BCUT2D eigenvalue weighted by molar-refractivity contribution is -0.123. The summed E-state index contributed by atoms with van der Waals surface area (Å²) in [6.45, 7) is 2.83. The Morgan fingerprint density at radius 2 is 2.16 bits per heavy atom. The zero-order valence-electron chi connectivity index (χ0n) is 11.3. The molecular formula is C14H21ClN2OS. The van der Waals surface area contributed by atoms with Gasteiger partial charge in [-0.15, -0.1) is 12.4 Å². The minimum Gasteiger partial charge on any atom is -0.351 e. The topological polar surface area (TPSA) is 41.1 Å². The number of amides is 1. The number of benzene rings is 1. The fourth-order valence-electron chi connectivity index (χ4n) is 2.27. The molecular weight excluding hydrogens is 280 g/mol. The highest BCUT2D eigenvalue weighted by molar-refractivity contribution is 7.98. The molecule has 0 saturated heterocycles. The summed E-state index contributed by atoms with van der Waals surface area (Å²) >= 11 is 1.75. The van der Waals surface area contributed by atoms with Gasteiger partial charge in [0.05, 0.1) is 6.04 Å². The second-order valence-corrected chi connectivity index (χ2v) is 5.68. The third-order valence-electron chi connectivity index (χ3n) is 3.20. The van der Waals surface area contributed by atoms with E-state index < -0.39 is 0 Å². The Morgan fingerprint density at radius 1 is 1.47 bits per heavy atom. The molecule has 0 spiro atoms. The first kappa shape index (κ1) is 16.3. The van der Waals surface area contributed by atoms with Gasteiger partial charge in [-0.05, 0) is 30.7 Å². The predicted octanol–water partition coefficient (Wildman–Crippen LogP) is 1.99. The predicted molar refractivity (Wildman–Crippen MR) is 84.0 cm³/mol. The van der Waals surface area contributed by atoms with Crippen molar-refractivity contribution >= 4 is 30.1 Å². The molecule has 0 fully saturated rings. The summed E-state index contributed by atoms with van der Waals surface area (Å²) in [7, 11) is 0. The van der Waals surface area contributed by atoms with Crippen LogP contribution in [0.1, 0.15) is 18.1 Å². The first-order chi connectivity index (χ1) is 8.70. The van der Waals surface area contributed by atoms with E-state index >= 15 is 0 Å². The highest BCUT2D eigenvalue weighted by Crippen LogP contribution is 2.16. The quantitative estimate of drug-likeness (QED) is 0.893. The van der Waals surface area contributed by atoms with Crippen molar-refractivity contribution in [2.75, 3.05) is 12.0 Å². The minimum absolute atomic E-state index is 0. The molecule has 1 aliphatic rings. The molecule has 2 unspecified atom stereocenters. The van der Waals surface area contributed by atoms with Crippen LogP contribution in [0.2, 0.25) is 0 Å². The summed E-state index contributed by atoms with van der Waals surface area (Å²) in [5.74, 6) is 1.07. The normalized spacial score (nSPS) is 18.9. The maximum absolute atomic E-state index is 12.1. The van der Waals surface area contributed by atoms with Crippen LogP contribution in [0.3, 0.4) is 0 Å². The standard InChI is InChI=1S/C14H20N2OS.ClH/c1-10(9-18-2)16-14(17)13-7-11-5-3-4-6-12(11)8-15-13;/h3-6,10,13,15H,7-9H2,1-2H3,(H,16,17);1H. The molecule has 0 saturated carbocycles. The van der Waals surface area contributed by atoms with Gasteiger partial charge >= 0.3 is 0 Å². The number of halogens is 1. The van der Waals surface area contributed by atoms with Crippen LogP contribution in [0.4, 0.5) is 0 Å². The smallest absolute Gasteiger partial charge is 0.237 e. The third-order valence-corrected chi connectivity index (χ3v) is 4.04. The fraction of sp³-hybridized carbons (Fsp3) is 0.500. The zero-order valence-corrected chi connectivity index (χ0v) is 12.9. The summed E-state index contributed by atoms with van der Waals surface area (Å²) in [5, 5.41) is 6.36. The molecule has 2 N–H and O–H groups in total. The first-order valence-electron chi connectivity index (χ1n) is 6.30. The third kappa shape index (κ3) is 4.41. The Kier molecular flexibility index (Phi) is 6.69. The number of thioether (sulfide) groups is 1. The van der Waals surface area contributed by atoms with Crippen molar-refractivity contribution in [3.8, 4) is 0 Å². The Bertz CT molecular complexity index is 428. The molecule has 2 atom stereocenters. The molecule has 1 heterocycles. The summed E-state index contributed by atoms with van der Waals surface area (Å²) in [5.41, 5.74) is 2.59. The first-order valence-corrected chi connectivity index (χ1v) is 7.69. The highest BCUT2D eigenvalue weighted by Gasteiger charge is 2.24. The number of nitrogens with one attached hydrogen (secondary N) is 2. The van der Waals surface area contributed by atoms with E-state index in [2.05, 4.69) is 29.0 Å². The molecule has 1 amide bonds. The van der Waals surface area contributed by atoms with E-state index in [-0.39, 0.29) is 30.4 Å². The molecule has 3 nitrogen and oxygen atoms in total. The summed E-state index contributed by atoms with van der Waals surface area (Å²) in [6.07, 6.45) is 2.84. The van der Waals surface area contributed by atoms with Gasteiger partial charge in [0.25, 0.3) is 0 Å².